The van der Waals surface area contributed by atoms with Crippen molar-refractivity contribution in [1.29, 1.82) is 5.26 Å². The first kappa shape index (κ1) is 14.7. The van der Waals surface area contributed by atoms with Gasteiger partial charge in [0.05, 0.1) is 11.3 Å². The molecule has 110 valence electrons. The smallest absolute Gasteiger partial charge is 0.270 e. The van der Waals surface area contributed by atoms with E-state index in [4.69, 9.17) is 10.00 Å². The molecule has 8 nitrogen and oxygen atoms in total. The molecule has 2 rings (SSSR count). The Morgan fingerprint density at radius 3 is 2.95 bits per heavy atom. The summed E-state index contributed by atoms with van der Waals surface area (Å²) in [6.07, 6.45) is 1.82. The summed E-state index contributed by atoms with van der Waals surface area (Å²) in [4.78, 5) is 14.4. The summed E-state index contributed by atoms with van der Waals surface area (Å²) in [7, 11) is 0. The second kappa shape index (κ2) is 5.38. The third-order valence-corrected chi connectivity index (χ3v) is 3.27. The molecule has 0 saturated heterocycles. The van der Waals surface area contributed by atoms with E-state index >= 15 is 0 Å². The fraction of sp³-hybridized carbons (Fsp3) is 0.385. The number of hydrogen-bond acceptors (Lipinski definition) is 6. The van der Waals surface area contributed by atoms with Gasteiger partial charge in [0.25, 0.3) is 5.69 Å². The van der Waals surface area contributed by atoms with Gasteiger partial charge in [0.15, 0.2) is 6.19 Å². The van der Waals surface area contributed by atoms with Crippen molar-refractivity contribution in [3.05, 3.63) is 33.9 Å². The zero-order valence-electron chi connectivity index (χ0n) is 11.5. The largest absolute Gasteiger partial charge is 0.485 e. The lowest BCUT2D eigenvalue weighted by molar-refractivity contribution is -0.385. The summed E-state index contributed by atoms with van der Waals surface area (Å²) in [6.45, 7) is 3.39. The van der Waals surface area contributed by atoms with E-state index < -0.39 is 22.7 Å². The molecule has 1 aromatic rings. The summed E-state index contributed by atoms with van der Waals surface area (Å²) in [5.74, 6) is 0.426. The van der Waals surface area contributed by atoms with Crippen LogP contribution in [0.1, 0.15) is 25.5 Å². The Morgan fingerprint density at radius 2 is 2.33 bits per heavy atom. The average Bonchev–Trinajstić information content (AvgIpc) is 2.42. The van der Waals surface area contributed by atoms with Gasteiger partial charge in [-0.15, -0.1) is 0 Å². The summed E-state index contributed by atoms with van der Waals surface area (Å²) >= 11 is 0. The lowest BCUT2D eigenvalue weighted by Crippen LogP contribution is -2.48. The number of nitro benzene ring substituents is 1. The highest BCUT2D eigenvalue weighted by atomic mass is 16.6. The fourth-order valence-electron chi connectivity index (χ4n) is 2.18. The molecule has 2 N–H and O–H groups in total. The van der Waals surface area contributed by atoms with Crippen LogP contribution in [0.2, 0.25) is 0 Å². The van der Waals surface area contributed by atoms with Gasteiger partial charge in [0.2, 0.25) is 0 Å². The molecule has 0 spiro atoms. The van der Waals surface area contributed by atoms with Crippen LogP contribution >= 0.6 is 0 Å². The van der Waals surface area contributed by atoms with Crippen LogP contribution in [-0.2, 0) is 0 Å². The van der Waals surface area contributed by atoms with Gasteiger partial charge in [-0.1, -0.05) is 0 Å². The van der Waals surface area contributed by atoms with E-state index in [2.05, 4.69) is 10.3 Å². The van der Waals surface area contributed by atoms with Crippen molar-refractivity contribution in [2.45, 2.75) is 31.6 Å². The molecule has 0 aliphatic carbocycles. The molecule has 1 aromatic carbocycles. The summed E-state index contributed by atoms with van der Waals surface area (Å²) in [5, 5.41) is 31.9. The van der Waals surface area contributed by atoms with Crippen LogP contribution in [0.5, 0.6) is 5.75 Å². The van der Waals surface area contributed by atoms with Crippen LogP contribution < -0.4 is 10.1 Å². The van der Waals surface area contributed by atoms with E-state index in [-0.39, 0.29) is 5.69 Å². The molecule has 21 heavy (non-hydrogen) atoms. The van der Waals surface area contributed by atoms with Crippen molar-refractivity contribution in [3.8, 4) is 11.9 Å². The van der Waals surface area contributed by atoms with Gasteiger partial charge in [-0.3, -0.25) is 20.4 Å². The molecule has 0 fully saturated rings. The van der Waals surface area contributed by atoms with Crippen molar-refractivity contribution >= 4 is 12.0 Å². The van der Waals surface area contributed by atoms with Crippen LogP contribution in [0.4, 0.5) is 5.69 Å². The van der Waals surface area contributed by atoms with E-state index in [0.717, 1.165) is 6.34 Å². The van der Waals surface area contributed by atoms with E-state index in [1.54, 1.807) is 20.0 Å². The van der Waals surface area contributed by atoms with Crippen LogP contribution in [0, 0.1) is 21.6 Å². The van der Waals surface area contributed by atoms with Gasteiger partial charge in [-0.25, -0.2) is 0 Å². The van der Waals surface area contributed by atoms with E-state index in [0.29, 0.717) is 11.3 Å². The molecular formula is C13H14N4O4. The molecular weight excluding hydrogens is 276 g/mol. The Morgan fingerprint density at radius 1 is 1.62 bits per heavy atom. The second-order valence-corrected chi connectivity index (χ2v) is 5.11. The first-order chi connectivity index (χ1) is 9.86. The predicted molar refractivity (Wildman–Crippen MR) is 73.8 cm³/mol. The maximum absolute atomic E-state index is 10.9. The molecule has 0 aromatic heterocycles. The summed E-state index contributed by atoms with van der Waals surface area (Å²) in [5.41, 5.74) is -0.609. The van der Waals surface area contributed by atoms with Gasteiger partial charge in [0.1, 0.15) is 23.5 Å². The topological polar surface area (TPSA) is 121 Å². The number of aliphatic hydroxyl groups excluding tert-OH is 1. The number of hydrogen-bond donors (Lipinski definition) is 2. The van der Waals surface area contributed by atoms with Crippen molar-refractivity contribution in [3.63, 3.8) is 0 Å². The average molecular weight is 290 g/mol. The number of nitrogens with one attached hydrogen (secondary N) is 1. The molecule has 0 bridgehead atoms. The Bertz CT molecular complexity index is 636. The van der Waals surface area contributed by atoms with Gasteiger partial charge in [-0.2, -0.15) is 5.26 Å². The Balaban J connectivity index is 2.50. The highest BCUT2D eigenvalue weighted by Crippen LogP contribution is 2.42. The van der Waals surface area contributed by atoms with Crippen LogP contribution in [0.25, 0.3) is 0 Å². The summed E-state index contributed by atoms with van der Waals surface area (Å²) < 4.78 is 5.67. The Kier molecular flexibility index (Phi) is 3.78. The minimum Gasteiger partial charge on any atom is -0.485 e. The number of rotatable bonds is 3. The molecule has 1 aliphatic rings. The summed E-state index contributed by atoms with van der Waals surface area (Å²) in [6, 6.07) is 3.38. The van der Waals surface area contributed by atoms with Crippen LogP contribution in [-0.4, -0.2) is 28.1 Å². The highest BCUT2D eigenvalue weighted by Gasteiger charge is 2.43. The molecule has 0 amide bonds. The molecule has 0 saturated carbocycles. The lowest BCUT2D eigenvalue weighted by atomic mass is 9.87. The maximum atomic E-state index is 10.9. The Hall–Kier alpha value is -2.66. The number of fused-ring (bicyclic) bond motifs is 1. The van der Waals surface area contributed by atoms with Crippen molar-refractivity contribution in [1.82, 2.24) is 5.32 Å². The zero-order chi connectivity index (χ0) is 15.6. The minimum absolute atomic E-state index is 0.113. The fourth-order valence-corrected chi connectivity index (χ4v) is 2.18. The third kappa shape index (κ3) is 2.78. The predicted octanol–water partition coefficient (Wildman–Crippen LogP) is 1.27. The van der Waals surface area contributed by atoms with Gasteiger partial charge in [0, 0.05) is 17.7 Å². The lowest BCUT2D eigenvalue weighted by Gasteiger charge is -2.40. The number of ether oxygens (including phenoxy) is 1. The molecule has 0 unspecified atom stereocenters. The Labute approximate surface area is 120 Å². The molecule has 1 heterocycles. The van der Waals surface area contributed by atoms with Crippen molar-refractivity contribution in [2.24, 2.45) is 4.99 Å². The van der Waals surface area contributed by atoms with Gasteiger partial charge in [-0.05, 0) is 19.9 Å². The molecule has 2 atom stereocenters. The third-order valence-electron chi connectivity index (χ3n) is 3.27. The van der Waals surface area contributed by atoms with E-state index in [1.807, 2.05) is 0 Å². The van der Waals surface area contributed by atoms with Crippen LogP contribution in [0.15, 0.2) is 23.2 Å². The number of benzene rings is 1. The van der Waals surface area contributed by atoms with Gasteiger partial charge >= 0.3 is 0 Å². The number of aliphatic imine (C=N–C) groups is 1. The number of non-ortho nitro benzene ring substituents is 1. The maximum Gasteiger partial charge on any atom is 0.270 e. The molecule has 0 radical (unpaired) electrons. The van der Waals surface area contributed by atoms with Gasteiger partial charge < -0.3 is 9.84 Å². The number of nitrogens with zero attached hydrogens (tertiary/aromatic N) is 3. The monoisotopic (exact) mass is 290 g/mol. The standard InChI is InChI=1S/C13H14N4O4/c1-13(2)12(18)11(16-7-15-6-14)9-5-8(17(19)20)3-4-10(9)21-13/h3-5,7,11-12,18H,1-2H3,(H,15,16)/t11-,12+/m1/s1. The first-order valence-electron chi connectivity index (χ1n) is 6.18. The first-order valence-corrected chi connectivity index (χ1v) is 6.18. The number of nitriles is 1. The minimum atomic E-state index is -1.01. The van der Waals surface area contributed by atoms with E-state index in [1.165, 1.54) is 18.2 Å². The van der Waals surface area contributed by atoms with E-state index in [9.17, 15) is 15.2 Å². The van der Waals surface area contributed by atoms with Crippen molar-refractivity contribution in [2.75, 3.05) is 0 Å². The van der Waals surface area contributed by atoms with Crippen molar-refractivity contribution < 1.29 is 14.8 Å². The molecule has 1 aliphatic heterocycles. The SMILES string of the molecule is CC1(C)Oc2ccc([N+](=O)[O-])cc2[C@@H](N=CNC#N)[C@@H]1O. The highest BCUT2D eigenvalue weighted by molar-refractivity contribution is 5.58. The second-order valence-electron chi connectivity index (χ2n) is 5.11. The number of aliphatic hydroxyl groups is 1. The zero-order valence-corrected chi connectivity index (χ0v) is 11.5. The molecule has 8 heteroatoms. The quantitative estimate of drug-likeness (QED) is 0.216. The van der Waals surface area contributed by atoms with Crippen LogP contribution in [0.3, 0.4) is 0 Å². The normalized spacial score (nSPS) is 23.0. The number of nitro groups is 1.